The molecule has 0 saturated carbocycles. The first kappa shape index (κ1) is 10.7. The lowest BCUT2D eigenvalue weighted by Crippen LogP contribution is -2.42. The third kappa shape index (κ3) is 3.07. The normalized spacial score (nSPS) is 18.0. The predicted molar refractivity (Wildman–Crippen MR) is 33.2 cm³/mol. The molecule has 2 nitrogen and oxygen atoms in total. The van der Waals surface area contributed by atoms with Crippen LogP contribution in [0.3, 0.4) is 0 Å². The summed E-state index contributed by atoms with van der Waals surface area (Å²) < 4.78 is 40.0. The van der Waals surface area contributed by atoms with Crippen molar-refractivity contribution in [3.63, 3.8) is 0 Å². The largest absolute Gasteiger partial charge is 0.416 e. The second-order valence-electron chi connectivity index (χ2n) is 2.51. The molecule has 0 amide bonds. The highest BCUT2D eigenvalue weighted by Crippen LogP contribution is 2.32. The van der Waals surface area contributed by atoms with Crippen LogP contribution in [0.1, 0.15) is 13.3 Å². The zero-order valence-electron chi connectivity index (χ0n) is 6.40. The molecule has 0 aliphatic heterocycles. The van der Waals surface area contributed by atoms with Crippen LogP contribution >= 0.6 is 0 Å². The van der Waals surface area contributed by atoms with Crippen molar-refractivity contribution in [2.24, 2.45) is 0 Å². The van der Waals surface area contributed by atoms with Crippen molar-refractivity contribution in [1.82, 2.24) is 0 Å². The van der Waals surface area contributed by atoms with Crippen LogP contribution in [0.5, 0.6) is 0 Å². The van der Waals surface area contributed by atoms with E-state index in [-0.39, 0.29) is 6.61 Å². The Labute approximate surface area is 63.0 Å². The Balaban J connectivity index is 4.00. The average molecular weight is 172 g/mol. The van der Waals surface area contributed by atoms with Gasteiger partial charge in [0.1, 0.15) is 0 Å². The zero-order valence-corrected chi connectivity index (χ0v) is 6.40. The Kier molecular flexibility index (Phi) is 3.31. The number of rotatable bonds is 3. The lowest BCUT2D eigenvalue weighted by atomic mass is 10.0. The number of hydrogen-bond acceptors (Lipinski definition) is 2. The first-order valence-electron chi connectivity index (χ1n) is 3.09. The smallest absolute Gasteiger partial charge is 0.385 e. The lowest BCUT2D eigenvalue weighted by Gasteiger charge is -2.25. The SMILES string of the molecule is COCCC(C)(O)C(F)(F)F. The molecule has 0 aliphatic rings. The van der Waals surface area contributed by atoms with E-state index in [2.05, 4.69) is 4.74 Å². The van der Waals surface area contributed by atoms with Gasteiger partial charge in [0.2, 0.25) is 0 Å². The third-order valence-electron chi connectivity index (χ3n) is 1.40. The number of halogens is 3. The first-order chi connectivity index (χ1) is 4.81. The summed E-state index contributed by atoms with van der Waals surface area (Å²) in [4.78, 5) is 0. The first-order valence-corrected chi connectivity index (χ1v) is 3.09. The molecule has 0 fully saturated rings. The van der Waals surface area contributed by atoms with E-state index >= 15 is 0 Å². The second kappa shape index (κ2) is 3.40. The van der Waals surface area contributed by atoms with E-state index < -0.39 is 18.2 Å². The maximum Gasteiger partial charge on any atom is 0.416 e. The van der Waals surface area contributed by atoms with Crippen molar-refractivity contribution in [2.45, 2.75) is 25.1 Å². The fraction of sp³-hybridized carbons (Fsp3) is 1.00. The van der Waals surface area contributed by atoms with Crippen LogP contribution in [-0.2, 0) is 4.74 Å². The maximum atomic E-state index is 11.9. The van der Waals surface area contributed by atoms with Gasteiger partial charge in [-0.2, -0.15) is 13.2 Å². The highest BCUT2D eigenvalue weighted by Gasteiger charge is 2.49. The summed E-state index contributed by atoms with van der Waals surface area (Å²) in [6.45, 7) is 0.624. The molecule has 0 saturated heterocycles. The van der Waals surface area contributed by atoms with Gasteiger partial charge in [-0.1, -0.05) is 0 Å². The standard InChI is InChI=1S/C6H11F3O2/c1-5(10,3-4-11-2)6(7,8)9/h10H,3-4H2,1-2H3. The number of ether oxygens (including phenoxy) is 1. The average Bonchev–Trinajstić information content (AvgIpc) is 1.81. The van der Waals surface area contributed by atoms with Gasteiger partial charge in [0.15, 0.2) is 5.60 Å². The molecule has 1 atom stereocenters. The van der Waals surface area contributed by atoms with Crippen molar-refractivity contribution >= 4 is 0 Å². The van der Waals surface area contributed by atoms with E-state index in [1.807, 2.05) is 0 Å². The zero-order chi connectivity index (χ0) is 9.12. The molecule has 0 rings (SSSR count). The van der Waals surface area contributed by atoms with Crippen LogP contribution in [0.25, 0.3) is 0 Å². The van der Waals surface area contributed by atoms with Crippen molar-refractivity contribution in [2.75, 3.05) is 13.7 Å². The van der Waals surface area contributed by atoms with Crippen LogP contribution in [0.4, 0.5) is 13.2 Å². The van der Waals surface area contributed by atoms with Crippen LogP contribution in [0.2, 0.25) is 0 Å². The van der Waals surface area contributed by atoms with Gasteiger partial charge in [0.25, 0.3) is 0 Å². The molecular formula is C6H11F3O2. The Bertz CT molecular complexity index is 119. The minimum atomic E-state index is -4.58. The van der Waals surface area contributed by atoms with Crippen LogP contribution in [-0.4, -0.2) is 30.6 Å². The second-order valence-corrected chi connectivity index (χ2v) is 2.51. The molecule has 5 heteroatoms. The van der Waals surface area contributed by atoms with Gasteiger partial charge in [-0.15, -0.1) is 0 Å². The molecular weight excluding hydrogens is 161 g/mol. The molecule has 0 aliphatic carbocycles. The van der Waals surface area contributed by atoms with E-state index in [1.165, 1.54) is 7.11 Å². The van der Waals surface area contributed by atoms with Crippen LogP contribution in [0.15, 0.2) is 0 Å². The quantitative estimate of drug-likeness (QED) is 0.696. The Morgan fingerprint density at radius 2 is 1.82 bits per heavy atom. The summed E-state index contributed by atoms with van der Waals surface area (Å²) in [5.74, 6) is 0. The van der Waals surface area contributed by atoms with Crippen LogP contribution < -0.4 is 0 Å². The highest BCUT2D eigenvalue weighted by molar-refractivity contribution is 4.80. The molecule has 0 aromatic carbocycles. The Hall–Kier alpha value is -0.290. The van der Waals surface area contributed by atoms with E-state index in [0.29, 0.717) is 0 Å². The summed E-state index contributed by atoms with van der Waals surface area (Å²) in [7, 11) is 1.28. The van der Waals surface area contributed by atoms with Gasteiger partial charge in [0.05, 0.1) is 0 Å². The van der Waals surface area contributed by atoms with Crippen LogP contribution in [0, 0.1) is 0 Å². The summed E-state index contributed by atoms with van der Waals surface area (Å²) in [5, 5.41) is 8.78. The monoisotopic (exact) mass is 172 g/mol. The molecule has 0 aromatic rings. The molecule has 1 N–H and O–H groups in total. The molecule has 0 spiro atoms. The van der Waals surface area contributed by atoms with E-state index in [0.717, 1.165) is 6.92 Å². The molecule has 68 valence electrons. The number of methoxy groups -OCH3 is 1. The highest BCUT2D eigenvalue weighted by atomic mass is 19.4. The van der Waals surface area contributed by atoms with Gasteiger partial charge in [-0.25, -0.2) is 0 Å². The molecule has 0 bridgehead atoms. The maximum absolute atomic E-state index is 11.9. The van der Waals surface area contributed by atoms with E-state index in [4.69, 9.17) is 5.11 Å². The van der Waals surface area contributed by atoms with Gasteiger partial charge >= 0.3 is 6.18 Å². The topological polar surface area (TPSA) is 29.5 Å². The Morgan fingerprint density at radius 3 is 2.09 bits per heavy atom. The molecule has 11 heavy (non-hydrogen) atoms. The number of alkyl halides is 3. The minimum absolute atomic E-state index is 0.105. The summed E-state index contributed by atoms with van der Waals surface area (Å²) in [6, 6.07) is 0. The summed E-state index contributed by atoms with van der Waals surface area (Å²) in [6.07, 6.45) is -5.02. The van der Waals surface area contributed by atoms with Gasteiger partial charge < -0.3 is 9.84 Å². The number of aliphatic hydroxyl groups is 1. The Morgan fingerprint density at radius 1 is 1.36 bits per heavy atom. The van der Waals surface area contributed by atoms with E-state index in [9.17, 15) is 13.2 Å². The molecule has 1 unspecified atom stereocenters. The fourth-order valence-corrected chi connectivity index (χ4v) is 0.443. The summed E-state index contributed by atoms with van der Waals surface area (Å²) in [5.41, 5.74) is -2.64. The minimum Gasteiger partial charge on any atom is -0.385 e. The van der Waals surface area contributed by atoms with Gasteiger partial charge in [0, 0.05) is 20.1 Å². The third-order valence-corrected chi connectivity index (χ3v) is 1.40. The van der Waals surface area contributed by atoms with Crippen molar-refractivity contribution in [3.8, 4) is 0 Å². The molecule has 0 heterocycles. The van der Waals surface area contributed by atoms with Gasteiger partial charge in [-0.3, -0.25) is 0 Å². The van der Waals surface area contributed by atoms with Crippen molar-refractivity contribution in [1.29, 1.82) is 0 Å². The number of hydrogen-bond donors (Lipinski definition) is 1. The van der Waals surface area contributed by atoms with E-state index in [1.54, 1.807) is 0 Å². The lowest BCUT2D eigenvalue weighted by molar-refractivity contribution is -0.257. The predicted octanol–water partition coefficient (Wildman–Crippen LogP) is 1.34. The van der Waals surface area contributed by atoms with Crippen molar-refractivity contribution in [3.05, 3.63) is 0 Å². The van der Waals surface area contributed by atoms with Crippen molar-refractivity contribution < 1.29 is 23.0 Å². The molecule has 0 aromatic heterocycles. The summed E-state index contributed by atoms with van der Waals surface area (Å²) >= 11 is 0. The van der Waals surface area contributed by atoms with Gasteiger partial charge in [-0.05, 0) is 6.92 Å². The fourth-order valence-electron chi connectivity index (χ4n) is 0.443. The molecule has 0 radical (unpaired) electrons.